The highest BCUT2D eigenvalue weighted by atomic mass is 16.5. The van der Waals surface area contributed by atoms with E-state index in [9.17, 15) is 4.79 Å². The molecule has 0 aliphatic carbocycles. The molecular formula is C19H21NO3. The maximum atomic E-state index is 12.1. The minimum atomic E-state index is -0.153. The standard InChI is InChI=1S/C19H21NO3/c1-14(15-7-5-4-6-8-15)20-19(21)12-10-16-9-11-17(22-2)13-18(16)23-3/h4-14H,1-3H3,(H,20,21)/b12-10+/t14-/m0/s1. The molecule has 0 saturated heterocycles. The predicted molar refractivity (Wildman–Crippen MR) is 91.6 cm³/mol. The fourth-order valence-electron chi connectivity index (χ4n) is 2.21. The van der Waals surface area contributed by atoms with Gasteiger partial charge in [0.25, 0.3) is 0 Å². The Morgan fingerprint density at radius 2 is 1.83 bits per heavy atom. The lowest BCUT2D eigenvalue weighted by Gasteiger charge is -2.12. The van der Waals surface area contributed by atoms with Gasteiger partial charge in [0, 0.05) is 17.7 Å². The zero-order chi connectivity index (χ0) is 16.7. The van der Waals surface area contributed by atoms with Crippen molar-refractivity contribution in [3.63, 3.8) is 0 Å². The zero-order valence-electron chi connectivity index (χ0n) is 13.6. The first-order valence-corrected chi connectivity index (χ1v) is 7.39. The Balaban J connectivity index is 2.04. The topological polar surface area (TPSA) is 47.6 Å². The second-order valence-corrected chi connectivity index (χ2v) is 5.08. The Morgan fingerprint density at radius 3 is 2.48 bits per heavy atom. The Kier molecular flexibility index (Phi) is 5.80. The maximum absolute atomic E-state index is 12.1. The van der Waals surface area contributed by atoms with Gasteiger partial charge in [-0.2, -0.15) is 0 Å². The van der Waals surface area contributed by atoms with Crippen LogP contribution >= 0.6 is 0 Å². The van der Waals surface area contributed by atoms with Gasteiger partial charge in [0.05, 0.1) is 20.3 Å². The molecule has 1 amide bonds. The van der Waals surface area contributed by atoms with E-state index in [0.717, 1.165) is 11.1 Å². The van der Waals surface area contributed by atoms with Crippen LogP contribution < -0.4 is 14.8 Å². The van der Waals surface area contributed by atoms with E-state index in [1.165, 1.54) is 6.08 Å². The van der Waals surface area contributed by atoms with Crippen LogP contribution in [0, 0.1) is 0 Å². The van der Waals surface area contributed by atoms with Crippen LogP contribution in [0.1, 0.15) is 24.1 Å². The summed E-state index contributed by atoms with van der Waals surface area (Å²) in [6.07, 6.45) is 3.23. The SMILES string of the molecule is COc1ccc(/C=C/C(=O)N[C@@H](C)c2ccccc2)c(OC)c1. The first-order valence-electron chi connectivity index (χ1n) is 7.39. The van der Waals surface area contributed by atoms with Crippen LogP contribution in [-0.2, 0) is 4.79 Å². The predicted octanol–water partition coefficient (Wildman–Crippen LogP) is 3.59. The van der Waals surface area contributed by atoms with E-state index < -0.39 is 0 Å². The summed E-state index contributed by atoms with van der Waals surface area (Å²) in [7, 11) is 3.19. The Labute approximate surface area is 136 Å². The number of carbonyl (C=O) groups is 1. The number of carbonyl (C=O) groups excluding carboxylic acids is 1. The van der Waals surface area contributed by atoms with Crippen LogP contribution in [0.5, 0.6) is 11.5 Å². The number of hydrogen-bond acceptors (Lipinski definition) is 3. The third-order valence-electron chi connectivity index (χ3n) is 3.51. The first-order chi connectivity index (χ1) is 11.1. The van der Waals surface area contributed by atoms with Crippen LogP contribution in [0.4, 0.5) is 0 Å². The van der Waals surface area contributed by atoms with Crippen molar-refractivity contribution in [2.45, 2.75) is 13.0 Å². The molecule has 1 atom stereocenters. The van der Waals surface area contributed by atoms with Crippen molar-refractivity contribution in [1.29, 1.82) is 0 Å². The van der Waals surface area contributed by atoms with Crippen LogP contribution in [0.2, 0.25) is 0 Å². The molecule has 2 aromatic carbocycles. The van der Waals surface area contributed by atoms with Gasteiger partial charge in [-0.3, -0.25) is 4.79 Å². The lowest BCUT2D eigenvalue weighted by molar-refractivity contribution is -0.117. The van der Waals surface area contributed by atoms with Gasteiger partial charge in [-0.25, -0.2) is 0 Å². The molecule has 2 rings (SSSR count). The Bertz CT molecular complexity index is 680. The number of amides is 1. The van der Waals surface area contributed by atoms with Gasteiger partial charge in [0.1, 0.15) is 11.5 Å². The molecule has 23 heavy (non-hydrogen) atoms. The van der Waals surface area contributed by atoms with Crippen LogP contribution in [0.25, 0.3) is 6.08 Å². The highest BCUT2D eigenvalue weighted by Gasteiger charge is 2.07. The van der Waals surface area contributed by atoms with Crippen LogP contribution in [0.15, 0.2) is 54.6 Å². The molecule has 0 fully saturated rings. The van der Waals surface area contributed by atoms with Crippen molar-refractivity contribution in [1.82, 2.24) is 5.32 Å². The highest BCUT2D eigenvalue weighted by molar-refractivity contribution is 5.92. The molecule has 0 bridgehead atoms. The van der Waals surface area contributed by atoms with Gasteiger partial charge in [-0.1, -0.05) is 30.3 Å². The molecule has 0 aliphatic heterocycles. The van der Waals surface area contributed by atoms with E-state index in [0.29, 0.717) is 11.5 Å². The van der Waals surface area contributed by atoms with Crippen LogP contribution in [0.3, 0.4) is 0 Å². The average molecular weight is 311 g/mol. The summed E-state index contributed by atoms with van der Waals surface area (Å²) in [4.78, 5) is 12.1. The molecule has 0 aliphatic rings. The molecule has 0 radical (unpaired) electrons. The quantitative estimate of drug-likeness (QED) is 0.829. The molecule has 0 unspecified atom stereocenters. The molecule has 0 aromatic heterocycles. The number of nitrogens with one attached hydrogen (secondary N) is 1. The lowest BCUT2D eigenvalue weighted by Crippen LogP contribution is -2.24. The van der Waals surface area contributed by atoms with Gasteiger partial charge >= 0.3 is 0 Å². The van der Waals surface area contributed by atoms with Crippen molar-refractivity contribution in [3.05, 3.63) is 65.7 Å². The van der Waals surface area contributed by atoms with Gasteiger partial charge in [-0.05, 0) is 30.7 Å². The smallest absolute Gasteiger partial charge is 0.244 e. The molecule has 2 aromatic rings. The summed E-state index contributed by atoms with van der Waals surface area (Å²) in [6.45, 7) is 1.95. The maximum Gasteiger partial charge on any atom is 0.244 e. The van der Waals surface area contributed by atoms with E-state index in [2.05, 4.69) is 5.32 Å². The normalized spacial score (nSPS) is 12.0. The van der Waals surface area contributed by atoms with Gasteiger partial charge in [0.15, 0.2) is 0 Å². The average Bonchev–Trinajstić information content (AvgIpc) is 2.60. The van der Waals surface area contributed by atoms with Crippen molar-refractivity contribution in [2.24, 2.45) is 0 Å². The minimum Gasteiger partial charge on any atom is -0.497 e. The fraction of sp³-hybridized carbons (Fsp3) is 0.211. The molecule has 1 N–H and O–H groups in total. The second kappa shape index (κ2) is 8.03. The number of methoxy groups -OCH3 is 2. The Hall–Kier alpha value is -2.75. The van der Waals surface area contributed by atoms with E-state index in [1.807, 2.05) is 49.4 Å². The molecule has 4 heteroatoms. The Morgan fingerprint density at radius 1 is 1.09 bits per heavy atom. The van der Waals surface area contributed by atoms with Crippen molar-refractivity contribution in [2.75, 3.05) is 14.2 Å². The molecule has 4 nitrogen and oxygen atoms in total. The number of hydrogen-bond donors (Lipinski definition) is 1. The number of benzene rings is 2. The monoisotopic (exact) mass is 311 g/mol. The van der Waals surface area contributed by atoms with E-state index in [-0.39, 0.29) is 11.9 Å². The van der Waals surface area contributed by atoms with E-state index >= 15 is 0 Å². The molecule has 0 heterocycles. The van der Waals surface area contributed by atoms with Crippen molar-refractivity contribution >= 4 is 12.0 Å². The summed E-state index contributed by atoms with van der Waals surface area (Å²) in [5, 5.41) is 2.94. The van der Waals surface area contributed by atoms with Crippen molar-refractivity contribution in [3.8, 4) is 11.5 Å². The second-order valence-electron chi connectivity index (χ2n) is 5.08. The summed E-state index contributed by atoms with van der Waals surface area (Å²) in [5.41, 5.74) is 1.88. The highest BCUT2D eigenvalue weighted by Crippen LogP contribution is 2.25. The van der Waals surface area contributed by atoms with Crippen molar-refractivity contribution < 1.29 is 14.3 Å². The summed E-state index contributed by atoms with van der Waals surface area (Å²) >= 11 is 0. The zero-order valence-corrected chi connectivity index (χ0v) is 13.6. The van der Waals surface area contributed by atoms with Gasteiger partial charge in [0.2, 0.25) is 5.91 Å². The van der Waals surface area contributed by atoms with Gasteiger partial charge < -0.3 is 14.8 Å². The molecule has 120 valence electrons. The van der Waals surface area contributed by atoms with E-state index in [4.69, 9.17) is 9.47 Å². The fourth-order valence-corrected chi connectivity index (χ4v) is 2.21. The first kappa shape index (κ1) is 16.6. The lowest BCUT2D eigenvalue weighted by atomic mass is 10.1. The number of rotatable bonds is 6. The summed E-state index contributed by atoms with van der Waals surface area (Å²) in [5.74, 6) is 1.21. The summed E-state index contributed by atoms with van der Waals surface area (Å²) < 4.78 is 10.5. The molecule has 0 spiro atoms. The van der Waals surface area contributed by atoms with Crippen LogP contribution in [-0.4, -0.2) is 20.1 Å². The minimum absolute atomic E-state index is 0.0499. The third-order valence-corrected chi connectivity index (χ3v) is 3.51. The van der Waals surface area contributed by atoms with E-state index in [1.54, 1.807) is 26.4 Å². The number of ether oxygens (including phenoxy) is 2. The molecule has 0 saturated carbocycles. The largest absolute Gasteiger partial charge is 0.497 e. The summed E-state index contributed by atoms with van der Waals surface area (Å²) in [6, 6.07) is 15.2. The van der Waals surface area contributed by atoms with Gasteiger partial charge in [-0.15, -0.1) is 0 Å². The third kappa shape index (κ3) is 4.61. The molecular weight excluding hydrogens is 290 g/mol.